The Morgan fingerprint density at radius 2 is 1.90 bits per heavy atom. The number of hydrogen-bond donors (Lipinski definition) is 2. The van der Waals surface area contributed by atoms with Gasteiger partial charge in [0.1, 0.15) is 11.6 Å². The van der Waals surface area contributed by atoms with Crippen LogP contribution < -0.4 is 10.2 Å². The van der Waals surface area contributed by atoms with Crippen LogP contribution in [0.1, 0.15) is 64.0 Å². The average Bonchev–Trinajstić information content (AvgIpc) is 3.40. The van der Waals surface area contributed by atoms with Crippen molar-refractivity contribution in [2.45, 2.75) is 64.5 Å². The van der Waals surface area contributed by atoms with Gasteiger partial charge in [-0.3, -0.25) is 9.20 Å². The predicted molar refractivity (Wildman–Crippen MR) is 159 cm³/mol. The van der Waals surface area contributed by atoms with Crippen molar-refractivity contribution in [2.24, 2.45) is 17.3 Å². The summed E-state index contributed by atoms with van der Waals surface area (Å²) in [6, 6.07) is 8.12. The van der Waals surface area contributed by atoms with Crippen molar-refractivity contribution >= 4 is 46.6 Å². The van der Waals surface area contributed by atoms with Gasteiger partial charge < -0.3 is 20.2 Å². The van der Waals surface area contributed by atoms with Crippen LogP contribution in [0, 0.1) is 17.3 Å². The molecule has 10 heteroatoms. The van der Waals surface area contributed by atoms with E-state index in [4.69, 9.17) is 28.2 Å². The Morgan fingerprint density at radius 3 is 2.62 bits per heavy atom. The number of carbonyl (C=O) groups is 1. The first-order valence-electron chi connectivity index (χ1n) is 14.5. The summed E-state index contributed by atoms with van der Waals surface area (Å²) in [5.41, 5.74) is 0.452. The number of anilines is 2. The quantitative estimate of drug-likeness (QED) is 0.332. The number of aromatic nitrogens is 3. The molecule has 6 rings (SSSR count). The van der Waals surface area contributed by atoms with Gasteiger partial charge in [0.05, 0.1) is 11.5 Å². The fraction of sp³-hybridized carbons (Fsp3) is 0.567. The molecule has 1 aliphatic carbocycles. The second-order valence-corrected chi connectivity index (χ2v) is 13.1. The molecule has 2 N–H and O–H groups in total. The molecule has 1 saturated carbocycles. The number of fused-ring (bicyclic) bond motifs is 1. The summed E-state index contributed by atoms with van der Waals surface area (Å²) in [6.45, 7) is 8.16. The average molecular weight is 586 g/mol. The van der Waals surface area contributed by atoms with Crippen molar-refractivity contribution < 1.29 is 9.90 Å². The Hall–Kier alpha value is -2.55. The zero-order valence-corrected chi connectivity index (χ0v) is 24.7. The molecule has 3 aliphatic rings. The molecule has 2 atom stereocenters. The summed E-state index contributed by atoms with van der Waals surface area (Å²) in [7, 11) is 0. The van der Waals surface area contributed by atoms with E-state index in [0.29, 0.717) is 33.7 Å². The Bertz CT molecular complexity index is 1380. The highest BCUT2D eigenvalue weighted by molar-refractivity contribution is 6.35. The van der Waals surface area contributed by atoms with Gasteiger partial charge in [-0.1, -0.05) is 29.3 Å². The molecule has 3 fully saturated rings. The molecule has 2 aromatic heterocycles. The van der Waals surface area contributed by atoms with Crippen LogP contribution in [0.15, 0.2) is 36.7 Å². The van der Waals surface area contributed by atoms with Gasteiger partial charge in [0, 0.05) is 54.2 Å². The number of imidazole rings is 1. The van der Waals surface area contributed by atoms with Gasteiger partial charge in [0.15, 0.2) is 0 Å². The molecule has 0 bridgehead atoms. The number of carboxylic acid groups (broad SMARTS) is 1. The summed E-state index contributed by atoms with van der Waals surface area (Å²) in [5, 5.41) is 14.4. The van der Waals surface area contributed by atoms with E-state index in [1.807, 2.05) is 29.7 Å². The smallest absolute Gasteiger partial charge is 0.309 e. The zero-order valence-electron chi connectivity index (χ0n) is 23.2. The lowest BCUT2D eigenvalue weighted by molar-refractivity contribution is -0.158. The number of aliphatic carboxylic acids is 1. The van der Waals surface area contributed by atoms with Gasteiger partial charge in [0.2, 0.25) is 5.78 Å². The molecule has 2 aliphatic heterocycles. The van der Waals surface area contributed by atoms with E-state index < -0.39 is 11.4 Å². The fourth-order valence-electron chi connectivity index (χ4n) is 7.09. The first-order valence-corrected chi connectivity index (χ1v) is 15.2. The lowest BCUT2D eigenvalue weighted by Crippen LogP contribution is -2.56. The van der Waals surface area contributed by atoms with E-state index in [2.05, 4.69) is 33.1 Å². The van der Waals surface area contributed by atoms with Gasteiger partial charge in [-0.05, 0) is 88.4 Å². The van der Waals surface area contributed by atoms with Crippen molar-refractivity contribution in [2.75, 3.05) is 36.4 Å². The minimum Gasteiger partial charge on any atom is -0.481 e. The Labute approximate surface area is 245 Å². The first-order chi connectivity index (χ1) is 19.2. The number of rotatable bonds is 7. The Morgan fingerprint density at radius 1 is 1.12 bits per heavy atom. The summed E-state index contributed by atoms with van der Waals surface area (Å²) >= 11 is 12.6. The maximum atomic E-state index is 11.6. The van der Waals surface area contributed by atoms with Gasteiger partial charge in [-0.25, -0.2) is 4.98 Å². The van der Waals surface area contributed by atoms with Crippen molar-refractivity contribution in [3.8, 4) is 0 Å². The number of hydrogen-bond acceptors (Lipinski definition) is 6. The SMILES string of the molecule is C[C@@H](Nc1cc(N2CCC([C@H]3CCCN(C4CC(C)(C(=O)O)C4)C3)CC2)nc2nccn12)c1ccc(Cl)cc1Cl. The predicted octanol–water partition coefficient (Wildman–Crippen LogP) is 6.39. The monoisotopic (exact) mass is 584 g/mol. The van der Waals surface area contributed by atoms with E-state index in [1.165, 1.54) is 12.8 Å². The fourth-order valence-corrected chi connectivity index (χ4v) is 7.66. The minimum absolute atomic E-state index is 0.0327. The standard InChI is InChI=1S/C30H38Cl2N6O2/c1-19(24-6-5-22(31)14-25(24)32)34-27-15-26(35-29-33-9-13-38(27)29)36-11-7-20(8-12-36)21-4-3-10-37(18-21)23-16-30(2,17-23)28(39)40/h5-6,9,13-15,19-21,23,34H,3-4,7-8,10-12,16-18H2,1-2H3,(H,39,40)/t19-,21+,23?,30?/m1/s1. The lowest BCUT2D eigenvalue weighted by atomic mass is 9.65. The van der Waals surface area contributed by atoms with E-state index in [0.717, 1.165) is 69.1 Å². The number of piperidine rings is 2. The van der Waals surface area contributed by atoms with Gasteiger partial charge in [-0.15, -0.1) is 0 Å². The summed E-state index contributed by atoms with van der Waals surface area (Å²) in [6.07, 6.45) is 10.1. The van der Waals surface area contributed by atoms with Crippen LogP contribution in [-0.4, -0.2) is 62.6 Å². The van der Waals surface area contributed by atoms with Crippen molar-refractivity contribution in [1.29, 1.82) is 0 Å². The lowest BCUT2D eigenvalue weighted by Gasteiger charge is -2.51. The largest absolute Gasteiger partial charge is 0.481 e. The van der Waals surface area contributed by atoms with Crippen LogP contribution >= 0.6 is 23.2 Å². The maximum Gasteiger partial charge on any atom is 0.309 e. The van der Waals surface area contributed by atoms with E-state index >= 15 is 0 Å². The van der Waals surface area contributed by atoms with Crippen molar-refractivity contribution in [1.82, 2.24) is 19.3 Å². The summed E-state index contributed by atoms with van der Waals surface area (Å²) in [4.78, 5) is 25.9. The van der Waals surface area contributed by atoms with E-state index in [1.54, 1.807) is 12.3 Å². The molecular weight excluding hydrogens is 547 g/mol. The molecule has 0 radical (unpaired) electrons. The molecule has 0 spiro atoms. The second-order valence-electron chi connectivity index (χ2n) is 12.3. The van der Waals surface area contributed by atoms with Crippen LogP contribution in [0.3, 0.4) is 0 Å². The van der Waals surface area contributed by atoms with Gasteiger partial charge >= 0.3 is 5.97 Å². The molecule has 0 amide bonds. The number of carboxylic acids is 1. The molecule has 40 heavy (non-hydrogen) atoms. The van der Waals surface area contributed by atoms with Crippen LogP contribution in [0.4, 0.5) is 11.6 Å². The van der Waals surface area contributed by atoms with Gasteiger partial charge in [0.25, 0.3) is 0 Å². The topological polar surface area (TPSA) is 86.0 Å². The number of nitrogens with one attached hydrogen (secondary N) is 1. The van der Waals surface area contributed by atoms with Crippen molar-refractivity contribution in [3.05, 3.63) is 52.3 Å². The minimum atomic E-state index is -0.645. The van der Waals surface area contributed by atoms with E-state index in [-0.39, 0.29) is 6.04 Å². The number of halogens is 2. The number of nitrogens with zero attached hydrogens (tertiary/aromatic N) is 5. The Kier molecular flexibility index (Phi) is 7.61. The van der Waals surface area contributed by atoms with Crippen LogP contribution in [0.2, 0.25) is 10.0 Å². The molecule has 8 nitrogen and oxygen atoms in total. The number of likely N-dealkylation sites (tertiary alicyclic amines) is 1. The Balaban J connectivity index is 1.10. The molecule has 1 aromatic carbocycles. The highest BCUT2D eigenvalue weighted by atomic mass is 35.5. The normalized spacial score (nSPS) is 26.9. The van der Waals surface area contributed by atoms with Crippen LogP contribution in [0.25, 0.3) is 5.78 Å². The molecule has 0 unspecified atom stereocenters. The van der Waals surface area contributed by atoms with E-state index in [9.17, 15) is 9.90 Å². The van der Waals surface area contributed by atoms with Crippen molar-refractivity contribution in [3.63, 3.8) is 0 Å². The highest BCUT2D eigenvalue weighted by Gasteiger charge is 2.49. The van der Waals surface area contributed by atoms with Gasteiger partial charge in [-0.2, -0.15) is 4.98 Å². The summed E-state index contributed by atoms with van der Waals surface area (Å²) in [5.74, 6) is 3.29. The number of benzene rings is 1. The van der Waals surface area contributed by atoms with Crippen LogP contribution in [-0.2, 0) is 4.79 Å². The second kappa shape index (κ2) is 11.0. The molecular formula is C30H38Cl2N6O2. The van der Waals surface area contributed by atoms with Crippen LogP contribution in [0.5, 0.6) is 0 Å². The third kappa shape index (κ3) is 5.38. The zero-order chi connectivity index (χ0) is 28.0. The summed E-state index contributed by atoms with van der Waals surface area (Å²) < 4.78 is 1.98. The first kappa shape index (κ1) is 27.6. The molecule has 3 aromatic rings. The molecule has 2 saturated heterocycles. The third-order valence-corrected chi connectivity index (χ3v) is 10.1. The molecule has 214 valence electrons. The highest BCUT2D eigenvalue weighted by Crippen LogP contribution is 2.45. The molecule has 4 heterocycles. The maximum absolute atomic E-state index is 11.6. The third-order valence-electron chi connectivity index (χ3n) is 9.58.